The number of fused-ring (bicyclic) bond motifs is 3. The Hall–Kier alpha value is -2.12. The van der Waals surface area contributed by atoms with Crippen molar-refractivity contribution >= 4 is 12.3 Å². The zero-order valence-corrected chi connectivity index (χ0v) is 17.8. The number of rotatable bonds is 2. The summed E-state index contributed by atoms with van der Waals surface area (Å²) < 4.78 is 6.54. The first-order valence-corrected chi connectivity index (χ1v) is 10.5. The van der Waals surface area contributed by atoms with Crippen LogP contribution in [-0.2, 0) is 6.42 Å². The highest BCUT2D eigenvalue weighted by Crippen LogP contribution is 2.66. The molecule has 0 saturated heterocycles. The van der Waals surface area contributed by atoms with Gasteiger partial charge in [0.2, 0.25) is 0 Å². The lowest BCUT2D eigenvalue weighted by Gasteiger charge is -2.64. The number of carboxylic acids is 1. The van der Waals surface area contributed by atoms with Crippen LogP contribution in [0.3, 0.4) is 0 Å². The zero-order chi connectivity index (χ0) is 22.2. The van der Waals surface area contributed by atoms with Crippen LogP contribution in [-0.4, -0.2) is 50.5 Å². The number of aliphatic hydroxyl groups is 2. The van der Waals surface area contributed by atoms with Crippen LogP contribution in [0.25, 0.3) is 0 Å². The number of aldehydes is 1. The van der Waals surface area contributed by atoms with Crippen molar-refractivity contribution in [3.63, 3.8) is 0 Å². The molecular weight excluding hydrogens is 388 g/mol. The van der Waals surface area contributed by atoms with Crippen molar-refractivity contribution in [3.05, 3.63) is 22.8 Å². The summed E-state index contributed by atoms with van der Waals surface area (Å²) in [5.41, 5.74) is -1.86. The Labute approximate surface area is 175 Å². The smallest absolute Gasteiger partial charge is 0.336 e. The molecule has 1 spiro atoms. The average Bonchev–Trinajstić information content (AvgIpc) is 3.07. The third kappa shape index (κ3) is 2.45. The van der Waals surface area contributed by atoms with E-state index in [-0.39, 0.29) is 34.5 Å². The molecule has 0 amide bonds. The highest BCUT2D eigenvalue weighted by Gasteiger charge is 2.68. The number of carboxylic acid groups (broad SMARTS) is 1. The second-order valence-electron chi connectivity index (χ2n) is 10.2. The van der Waals surface area contributed by atoms with Gasteiger partial charge in [-0.05, 0) is 42.6 Å². The number of phenolic OH excluding ortho intramolecular Hbond substituents is 1. The van der Waals surface area contributed by atoms with E-state index in [1.165, 1.54) is 0 Å². The van der Waals surface area contributed by atoms with Gasteiger partial charge in [0.05, 0.1) is 23.3 Å². The molecule has 2 fully saturated rings. The van der Waals surface area contributed by atoms with Crippen molar-refractivity contribution in [1.29, 1.82) is 0 Å². The molecule has 4 rings (SSSR count). The van der Waals surface area contributed by atoms with Gasteiger partial charge in [-0.3, -0.25) is 4.79 Å². The fraction of sp³-hybridized carbons (Fsp3) is 0.652. The molecule has 30 heavy (non-hydrogen) atoms. The first kappa shape index (κ1) is 21.1. The Balaban J connectivity index is 1.90. The van der Waals surface area contributed by atoms with Crippen LogP contribution in [0, 0.1) is 22.7 Å². The van der Waals surface area contributed by atoms with E-state index in [2.05, 4.69) is 13.8 Å². The van der Waals surface area contributed by atoms with E-state index >= 15 is 0 Å². The number of hydrogen-bond donors (Lipinski definition) is 4. The van der Waals surface area contributed by atoms with Gasteiger partial charge in [0.25, 0.3) is 0 Å². The SMILES string of the molecule is C[C@@H]1CCC2C(C)(C)[C@H](O)[C@H](O)C[C@]2(C)[C@@]12Cc1c(O)cc(C(=O)O)c(C=O)c1O2. The van der Waals surface area contributed by atoms with E-state index in [0.29, 0.717) is 24.7 Å². The molecule has 1 heterocycles. The maximum atomic E-state index is 11.8. The first-order chi connectivity index (χ1) is 13.9. The van der Waals surface area contributed by atoms with Gasteiger partial charge in [-0.2, -0.15) is 0 Å². The number of hydrogen-bond acceptors (Lipinski definition) is 6. The number of aromatic carboxylic acids is 1. The predicted octanol–water partition coefficient (Wildman–Crippen LogP) is 2.78. The average molecular weight is 418 g/mol. The highest BCUT2D eigenvalue weighted by molar-refractivity contribution is 6.00. The number of aromatic hydroxyl groups is 1. The molecule has 4 N–H and O–H groups in total. The molecule has 2 aliphatic carbocycles. The largest absolute Gasteiger partial charge is 0.508 e. The number of phenols is 1. The molecule has 0 aromatic heterocycles. The maximum Gasteiger partial charge on any atom is 0.336 e. The molecule has 1 aliphatic heterocycles. The quantitative estimate of drug-likeness (QED) is 0.544. The van der Waals surface area contributed by atoms with Gasteiger partial charge >= 0.3 is 5.97 Å². The Bertz CT molecular complexity index is 923. The van der Waals surface area contributed by atoms with Crippen LogP contribution in [0.4, 0.5) is 0 Å². The summed E-state index contributed by atoms with van der Waals surface area (Å²) in [4.78, 5) is 23.5. The Kier molecular flexibility index (Phi) is 4.53. The Morgan fingerprint density at radius 3 is 2.50 bits per heavy atom. The summed E-state index contributed by atoms with van der Waals surface area (Å²) in [6, 6.07) is 1.12. The molecule has 1 aromatic carbocycles. The van der Waals surface area contributed by atoms with Gasteiger partial charge in [-0.1, -0.05) is 27.7 Å². The van der Waals surface area contributed by atoms with E-state index in [0.717, 1.165) is 18.9 Å². The van der Waals surface area contributed by atoms with Crippen LogP contribution >= 0.6 is 0 Å². The molecule has 6 atom stereocenters. The molecule has 1 aromatic rings. The molecule has 0 radical (unpaired) electrons. The van der Waals surface area contributed by atoms with Gasteiger partial charge in [-0.15, -0.1) is 0 Å². The summed E-state index contributed by atoms with van der Waals surface area (Å²) in [5.74, 6) is -1.29. The van der Waals surface area contributed by atoms with Gasteiger partial charge in [-0.25, -0.2) is 4.79 Å². The van der Waals surface area contributed by atoms with Gasteiger partial charge < -0.3 is 25.2 Å². The number of aliphatic hydroxyl groups excluding tert-OH is 2. The molecule has 7 heteroatoms. The van der Waals surface area contributed by atoms with Crippen LogP contribution in [0.1, 0.15) is 73.2 Å². The van der Waals surface area contributed by atoms with E-state index in [4.69, 9.17) is 4.74 Å². The van der Waals surface area contributed by atoms with Crippen molar-refractivity contribution < 1.29 is 34.8 Å². The predicted molar refractivity (Wildman–Crippen MR) is 108 cm³/mol. The first-order valence-electron chi connectivity index (χ1n) is 10.5. The lowest BCUT2D eigenvalue weighted by molar-refractivity contribution is -0.240. The van der Waals surface area contributed by atoms with Crippen LogP contribution < -0.4 is 4.74 Å². The Morgan fingerprint density at radius 1 is 1.23 bits per heavy atom. The number of carbonyl (C=O) groups is 2. The zero-order valence-electron chi connectivity index (χ0n) is 17.8. The second-order valence-corrected chi connectivity index (χ2v) is 10.2. The maximum absolute atomic E-state index is 11.8. The summed E-state index contributed by atoms with van der Waals surface area (Å²) in [5, 5.41) is 41.6. The van der Waals surface area contributed by atoms with Crippen LogP contribution in [0.5, 0.6) is 11.5 Å². The summed E-state index contributed by atoms with van der Waals surface area (Å²) in [6.07, 6.45) is 1.02. The molecular formula is C23H30O7. The molecule has 7 nitrogen and oxygen atoms in total. The molecule has 1 unspecified atom stereocenters. The van der Waals surface area contributed by atoms with E-state index < -0.39 is 34.6 Å². The van der Waals surface area contributed by atoms with Crippen molar-refractivity contribution in [1.82, 2.24) is 0 Å². The summed E-state index contributed by atoms with van der Waals surface area (Å²) in [6.45, 7) is 8.05. The Morgan fingerprint density at radius 2 is 1.90 bits per heavy atom. The lowest BCUT2D eigenvalue weighted by atomic mass is 9.43. The number of carbonyl (C=O) groups excluding carboxylic acids is 1. The molecule has 2 saturated carbocycles. The van der Waals surface area contributed by atoms with Crippen LogP contribution in [0.15, 0.2) is 6.07 Å². The topological polar surface area (TPSA) is 124 Å². The van der Waals surface area contributed by atoms with Gasteiger partial charge in [0.1, 0.15) is 17.1 Å². The van der Waals surface area contributed by atoms with E-state index in [1.54, 1.807) is 0 Å². The minimum atomic E-state index is -1.31. The summed E-state index contributed by atoms with van der Waals surface area (Å²) in [7, 11) is 0. The minimum absolute atomic E-state index is 0.0367. The third-order valence-corrected chi connectivity index (χ3v) is 8.55. The van der Waals surface area contributed by atoms with Gasteiger partial charge in [0, 0.05) is 17.4 Å². The van der Waals surface area contributed by atoms with E-state index in [9.17, 15) is 30.0 Å². The second kappa shape index (κ2) is 6.44. The fourth-order valence-corrected chi connectivity index (χ4v) is 6.94. The lowest BCUT2D eigenvalue weighted by Crippen LogP contribution is -2.69. The summed E-state index contributed by atoms with van der Waals surface area (Å²) >= 11 is 0. The standard InChI is InChI=1S/C23H30O7/c1-11-5-6-17-21(2,3)19(27)16(26)9-22(17,4)23(11)8-13-15(25)7-12(20(28)29)14(10-24)18(13)30-23/h7,10-11,16-17,19,25-27H,5-6,8-9H2,1-4H3,(H,28,29)/t11-,16-,17?,19-,22+,23-/m1/s1. The normalized spacial score (nSPS) is 39.1. The van der Waals surface area contributed by atoms with Crippen molar-refractivity contribution in [3.8, 4) is 11.5 Å². The molecule has 3 aliphatic rings. The fourth-order valence-electron chi connectivity index (χ4n) is 6.94. The van der Waals surface area contributed by atoms with E-state index in [1.807, 2.05) is 13.8 Å². The van der Waals surface area contributed by atoms with Crippen molar-refractivity contribution in [2.24, 2.45) is 22.7 Å². The van der Waals surface area contributed by atoms with Crippen LogP contribution in [0.2, 0.25) is 0 Å². The third-order valence-electron chi connectivity index (χ3n) is 8.55. The highest BCUT2D eigenvalue weighted by atomic mass is 16.5. The number of benzene rings is 1. The monoisotopic (exact) mass is 418 g/mol. The molecule has 164 valence electrons. The van der Waals surface area contributed by atoms with Gasteiger partial charge in [0.15, 0.2) is 6.29 Å². The van der Waals surface area contributed by atoms with Crippen molar-refractivity contribution in [2.45, 2.75) is 71.2 Å². The van der Waals surface area contributed by atoms with Crippen molar-refractivity contribution in [2.75, 3.05) is 0 Å². The molecule has 0 bridgehead atoms. The number of ether oxygens (including phenoxy) is 1. The minimum Gasteiger partial charge on any atom is -0.508 e.